The Morgan fingerprint density at radius 1 is 1.56 bits per heavy atom. The minimum atomic E-state index is 0.754. The predicted octanol–water partition coefficient (Wildman–Crippen LogP) is 3.37. The average Bonchev–Trinajstić information content (AvgIpc) is 1.89. The molecule has 0 saturated heterocycles. The van der Waals surface area contributed by atoms with Gasteiger partial charge in [0, 0.05) is 5.33 Å². The van der Waals surface area contributed by atoms with Gasteiger partial charge in [-0.05, 0) is 12.3 Å². The van der Waals surface area contributed by atoms with E-state index in [4.69, 9.17) is 0 Å². The normalized spacial score (nSPS) is 14.6. The maximum absolute atomic E-state index is 3.37. The van der Waals surface area contributed by atoms with E-state index in [0.717, 1.165) is 17.7 Å². The second-order valence-corrected chi connectivity index (χ2v) is 3.08. The highest BCUT2D eigenvalue weighted by atomic mass is 79.9. The summed E-state index contributed by atoms with van der Waals surface area (Å²) in [5.41, 5.74) is 0. The molecule has 1 atom stereocenters. The van der Waals surface area contributed by atoms with Crippen LogP contribution >= 0.6 is 15.9 Å². The monoisotopic (exact) mass is 190 g/mol. The molecule has 54 valence electrons. The first kappa shape index (κ1) is 9.22. The van der Waals surface area contributed by atoms with Crippen LogP contribution in [0.25, 0.3) is 0 Å². The molecule has 0 amide bonds. The van der Waals surface area contributed by atoms with E-state index in [1.54, 1.807) is 0 Å². The highest BCUT2D eigenvalue weighted by Crippen LogP contribution is 2.02. The van der Waals surface area contributed by atoms with Crippen LogP contribution in [0.5, 0.6) is 0 Å². The van der Waals surface area contributed by atoms with Crippen molar-refractivity contribution in [3.63, 3.8) is 0 Å². The van der Waals surface area contributed by atoms with Gasteiger partial charge in [-0.15, -0.1) is 0 Å². The van der Waals surface area contributed by atoms with Crippen LogP contribution in [-0.2, 0) is 0 Å². The van der Waals surface area contributed by atoms with Gasteiger partial charge in [0.2, 0.25) is 0 Å². The Hall–Kier alpha value is 0.220. The van der Waals surface area contributed by atoms with Crippen LogP contribution in [0.4, 0.5) is 0 Å². The number of hydrogen-bond donors (Lipinski definition) is 0. The van der Waals surface area contributed by atoms with E-state index in [9.17, 15) is 0 Å². The van der Waals surface area contributed by atoms with Crippen LogP contribution in [0.15, 0.2) is 12.2 Å². The van der Waals surface area contributed by atoms with Gasteiger partial charge in [0.05, 0.1) is 0 Å². The van der Waals surface area contributed by atoms with Crippen LogP contribution in [0.3, 0.4) is 0 Å². The van der Waals surface area contributed by atoms with Gasteiger partial charge in [-0.1, -0.05) is 48.4 Å². The maximum atomic E-state index is 3.37. The highest BCUT2D eigenvalue weighted by molar-refractivity contribution is 9.09. The molecule has 9 heavy (non-hydrogen) atoms. The van der Waals surface area contributed by atoms with Crippen LogP contribution in [0, 0.1) is 5.92 Å². The van der Waals surface area contributed by atoms with E-state index in [1.165, 1.54) is 6.42 Å². The fourth-order valence-electron chi connectivity index (χ4n) is 0.528. The standard InChI is InChI=1S/C8H15Br/c1-3-8(2)6-4-5-7-9/h4,6,8H,3,5,7H2,1-2H3. The summed E-state index contributed by atoms with van der Waals surface area (Å²) >= 11 is 3.37. The number of hydrogen-bond acceptors (Lipinski definition) is 0. The van der Waals surface area contributed by atoms with Crippen molar-refractivity contribution in [3.8, 4) is 0 Å². The quantitative estimate of drug-likeness (QED) is 0.472. The number of rotatable bonds is 4. The van der Waals surface area contributed by atoms with Crippen molar-refractivity contribution in [1.29, 1.82) is 0 Å². The lowest BCUT2D eigenvalue weighted by Crippen LogP contribution is -1.83. The Morgan fingerprint density at radius 3 is 2.67 bits per heavy atom. The summed E-state index contributed by atoms with van der Waals surface area (Å²) in [4.78, 5) is 0. The summed E-state index contributed by atoms with van der Waals surface area (Å²) in [6.45, 7) is 4.45. The van der Waals surface area contributed by atoms with Gasteiger partial charge in [-0.25, -0.2) is 0 Å². The van der Waals surface area contributed by atoms with Gasteiger partial charge < -0.3 is 0 Å². The molecule has 1 heteroatoms. The van der Waals surface area contributed by atoms with Crippen molar-refractivity contribution in [3.05, 3.63) is 12.2 Å². The molecule has 0 aliphatic heterocycles. The van der Waals surface area contributed by atoms with Gasteiger partial charge in [0.15, 0.2) is 0 Å². The molecule has 0 rings (SSSR count). The Balaban J connectivity index is 3.20. The zero-order valence-corrected chi connectivity index (χ0v) is 7.82. The van der Waals surface area contributed by atoms with Crippen molar-refractivity contribution in [2.45, 2.75) is 26.7 Å². The number of halogens is 1. The summed E-state index contributed by atoms with van der Waals surface area (Å²) in [5.74, 6) is 0.754. The molecule has 0 aromatic rings. The second kappa shape index (κ2) is 6.34. The maximum Gasteiger partial charge on any atom is 0.00659 e. The molecule has 0 aromatic heterocycles. The van der Waals surface area contributed by atoms with Crippen LogP contribution in [-0.4, -0.2) is 5.33 Å². The van der Waals surface area contributed by atoms with Crippen molar-refractivity contribution >= 4 is 15.9 Å². The van der Waals surface area contributed by atoms with Gasteiger partial charge in [0.1, 0.15) is 0 Å². The zero-order chi connectivity index (χ0) is 7.11. The first-order valence-corrected chi connectivity index (χ1v) is 4.66. The molecule has 0 heterocycles. The summed E-state index contributed by atoms with van der Waals surface area (Å²) in [6.07, 6.45) is 6.92. The van der Waals surface area contributed by atoms with Crippen LogP contribution in [0.2, 0.25) is 0 Å². The van der Waals surface area contributed by atoms with Crippen molar-refractivity contribution in [2.75, 3.05) is 5.33 Å². The Labute approximate surface area is 66.5 Å². The molecule has 0 bridgehead atoms. The zero-order valence-electron chi connectivity index (χ0n) is 6.23. The molecule has 0 aliphatic rings. The van der Waals surface area contributed by atoms with E-state index < -0.39 is 0 Å². The summed E-state index contributed by atoms with van der Waals surface area (Å²) < 4.78 is 0. The van der Waals surface area contributed by atoms with Crippen LogP contribution in [0.1, 0.15) is 26.7 Å². The first-order valence-electron chi connectivity index (χ1n) is 3.53. The molecule has 0 aromatic carbocycles. The molecule has 0 nitrogen and oxygen atoms in total. The van der Waals surface area contributed by atoms with Crippen LogP contribution < -0.4 is 0 Å². The summed E-state index contributed by atoms with van der Waals surface area (Å²) in [7, 11) is 0. The molecular weight excluding hydrogens is 176 g/mol. The fraction of sp³-hybridized carbons (Fsp3) is 0.750. The molecule has 0 saturated carbocycles. The molecule has 0 spiro atoms. The number of alkyl halides is 1. The largest absolute Gasteiger partial charge is 0.0925 e. The van der Waals surface area contributed by atoms with Gasteiger partial charge in [-0.3, -0.25) is 0 Å². The van der Waals surface area contributed by atoms with E-state index in [2.05, 4.69) is 41.9 Å². The minimum Gasteiger partial charge on any atom is -0.0925 e. The van der Waals surface area contributed by atoms with Gasteiger partial charge in [-0.2, -0.15) is 0 Å². The predicted molar refractivity (Wildman–Crippen MR) is 47.0 cm³/mol. The Bertz CT molecular complexity index is 76.6. The van der Waals surface area contributed by atoms with Gasteiger partial charge in [0.25, 0.3) is 0 Å². The lowest BCUT2D eigenvalue weighted by atomic mass is 10.1. The molecule has 0 fully saturated rings. The lowest BCUT2D eigenvalue weighted by molar-refractivity contribution is 0.696. The van der Waals surface area contributed by atoms with E-state index in [1.807, 2.05) is 0 Å². The second-order valence-electron chi connectivity index (χ2n) is 2.29. The lowest BCUT2D eigenvalue weighted by Gasteiger charge is -1.97. The third-order valence-corrected chi connectivity index (χ3v) is 1.84. The van der Waals surface area contributed by atoms with Crippen molar-refractivity contribution in [1.82, 2.24) is 0 Å². The molecule has 0 N–H and O–H groups in total. The highest BCUT2D eigenvalue weighted by Gasteiger charge is 1.88. The molecule has 0 aliphatic carbocycles. The molecule has 0 radical (unpaired) electrons. The topological polar surface area (TPSA) is 0 Å². The third kappa shape index (κ3) is 6.10. The fourth-order valence-corrected chi connectivity index (χ4v) is 0.792. The molecular formula is C8H15Br. The smallest absolute Gasteiger partial charge is 0.00659 e. The average molecular weight is 191 g/mol. The first-order chi connectivity index (χ1) is 4.31. The van der Waals surface area contributed by atoms with Crippen molar-refractivity contribution in [2.24, 2.45) is 5.92 Å². The van der Waals surface area contributed by atoms with E-state index in [0.29, 0.717) is 0 Å². The Kier molecular flexibility index (Phi) is 6.50. The SMILES string of the molecule is CCC(C)C=CCCBr. The van der Waals surface area contributed by atoms with E-state index in [-0.39, 0.29) is 0 Å². The van der Waals surface area contributed by atoms with Gasteiger partial charge >= 0.3 is 0 Å². The number of allylic oxidation sites excluding steroid dienone is 2. The minimum absolute atomic E-state index is 0.754. The molecule has 1 unspecified atom stereocenters. The van der Waals surface area contributed by atoms with Crippen molar-refractivity contribution < 1.29 is 0 Å². The summed E-state index contributed by atoms with van der Waals surface area (Å²) in [6, 6.07) is 0. The Morgan fingerprint density at radius 2 is 2.22 bits per heavy atom. The summed E-state index contributed by atoms with van der Waals surface area (Å²) in [5, 5.41) is 1.08. The third-order valence-electron chi connectivity index (χ3n) is 1.38. The van der Waals surface area contributed by atoms with E-state index >= 15 is 0 Å².